The fourth-order valence-electron chi connectivity index (χ4n) is 4.22. The van der Waals surface area contributed by atoms with Gasteiger partial charge in [-0.1, -0.05) is 24.3 Å². The Morgan fingerprint density at radius 1 is 0.852 bits per heavy atom. The highest BCUT2D eigenvalue weighted by Gasteiger charge is 2.29. The van der Waals surface area contributed by atoms with Crippen molar-refractivity contribution in [1.82, 2.24) is 9.80 Å². The minimum atomic E-state index is -0.355. The number of benzene rings is 2. The van der Waals surface area contributed by atoms with Crippen molar-refractivity contribution in [3.8, 4) is 0 Å². The molecule has 0 aliphatic carbocycles. The molecule has 2 aliphatic rings. The Balaban J connectivity index is 1.28. The van der Waals surface area contributed by atoms with Crippen LogP contribution >= 0.6 is 0 Å². The SMILES string of the molecule is O=C(c1cccc(F)c1)N1CCC(N2CCN(c3ccccc3)CC2)CC1. The number of amides is 1. The number of hydrogen-bond acceptors (Lipinski definition) is 3. The van der Waals surface area contributed by atoms with Gasteiger partial charge in [0.2, 0.25) is 0 Å². The van der Waals surface area contributed by atoms with E-state index in [1.54, 1.807) is 12.1 Å². The van der Waals surface area contributed by atoms with E-state index in [-0.39, 0.29) is 11.7 Å². The van der Waals surface area contributed by atoms with Crippen LogP contribution in [0.15, 0.2) is 54.6 Å². The van der Waals surface area contributed by atoms with Gasteiger partial charge in [0.25, 0.3) is 5.91 Å². The molecule has 4 nitrogen and oxygen atoms in total. The summed E-state index contributed by atoms with van der Waals surface area (Å²) in [6.45, 7) is 5.73. The molecular weight excluding hydrogens is 341 g/mol. The highest BCUT2D eigenvalue weighted by Crippen LogP contribution is 2.22. The first-order chi connectivity index (χ1) is 13.2. The Morgan fingerprint density at radius 3 is 2.22 bits per heavy atom. The van der Waals surface area contributed by atoms with Gasteiger partial charge in [-0.05, 0) is 43.2 Å². The van der Waals surface area contributed by atoms with Crippen molar-refractivity contribution >= 4 is 11.6 Å². The van der Waals surface area contributed by atoms with E-state index in [9.17, 15) is 9.18 Å². The van der Waals surface area contributed by atoms with Crippen LogP contribution in [-0.4, -0.2) is 61.0 Å². The second kappa shape index (κ2) is 8.09. The summed E-state index contributed by atoms with van der Waals surface area (Å²) in [6.07, 6.45) is 1.98. The predicted molar refractivity (Wildman–Crippen MR) is 106 cm³/mol. The smallest absolute Gasteiger partial charge is 0.253 e. The van der Waals surface area contributed by atoms with Gasteiger partial charge in [-0.25, -0.2) is 4.39 Å². The quantitative estimate of drug-likeness (QED) is 0.833. The highest BCUT2D eigenvalue weighted by atomic mass is 19.1. The Morgan fingerprint density at radius 2 is 1.56 bits per heavy atom. The Labute approximate surface area is 160 Å². The molecule has 4 rings (SSSR count). The molecule has 2 aliphatic heterocycles. The van der Waals surface area contributed by atoms with Gasteiger partial charge in [0, 0.05) is 56.6 Å². The van der Waals surface area contributed by atoms with Gasteiger partial charge in [-0.15, -0.1) is 0 Å². The average molecular weight is 367 g/mol. The summed E-state index contributed by atoms with van der Waals surface area (Å²) in [5.74, 6) is -0.408. The van der Waals surface area contributed by atoms with Crippen LogP contribution in [0.5, 0.6) is 0 Å². The number of rotatable bonds is 3. The first kappa shape index (κ1) is 18.0. The topological polar surface area (TPSA) is 26.8 Å². The molecule has 0 N–H and O–H groups in total. The normalized spacial score (nSPS) is 19.3. The molecule has 2 aromatic carbocycles. The van der Waals surface area contributed by atoms with Crippen molar-refractivity contribution in [2.45, 2.75) is 18.9 Å². The molecule has 2 heterocycles. The number of piperidine rings is 1. The number of carbonyl (C=O) groups excluding carboxylic acids is 1. The number of piperazine rings is 1. The monoisotopic (exact) mass is 367 g/mol. The lowest BCUT2D eigenvalue weighted by molar-refractivity contribution is 0.0610. The molecule has 5 heteroatoms. The van der Waals surface area contributed by atoms with Crippen molar-refractivity contribution in [3.05, 3.63) is 66.0 Å². The molecule has 0 spiro atoms. The zero-order valence-corrected chi connectivity index (χ0v) is 15.6. The first-order valence-corrected chi connectivity index (χ1v) is 9.79. The van der Waals surface area contributed by atoms with Crippen LogP contribution in [0, 0.1) is 5.82 Å². The molecule has 0 bridgehead atoms. The molecule has 2 aromatic rings. The van der Waals surface area contributed by atoms with E-state index in [1.165, 1.54) is 17.8 Å². The lowest BCUT2D eigenvalue weighted by atomic mass is 10.0. The Bertz CT molecular complexity index is 766. The first-order valence-electron chi connectivity index (χ1n) is 9.79. The third-order valence-electron chi connectivity index (χ3n) is 5.78. The third-order valence-corrected chi connectivity index (χ3v) is 5.78. The average Bonchev–Trinajstić information content (AvgIpc) is 2.74. The maximum absolute atomic E-state index is 13.4. The van der Waals surface area contributed by atoms with Gasteiger partial charge in [0.1, 0.15) is 5.82 Å². The lowest BCUT2D eigenvalue weighted by Gasteiger charge is -2.43. The molecule has 27 heavy (non-hydrogen) atoms. The van der Waals surface area contributed by atoms with Crippen LogP contribution in [0.25, 0.3) is 0 Å². The van der Waals surface area contributed by atoms with Crippen molar-refractivity contribution in [2.24, 2.45) is 0 Å². The van der Waals surface area contributed by atoms with E-state index < -0.39 is 0 Å². The number of nitrogens with zero attached hydrogens (tertiary/aromatic N) is 3. The minimum absolute atomic E-state index is 0.0538. The van der Waals surface area contributed by atoms with E-state index in [0.29, 0.717) is 11.6 Å². The van der Waals surface area contributed by atoms with Gasteiger partial charge in [-0.2, -0.15) is 0 Å². The fraction of sp³-hybridized carbons (Fsp3) is 0.409. The molecule has 0 atom stereocenters. The molecule has 0 aromatic heterocycles. The van der Waals surface area contributed by atoms with Crippen LogP contribution in [-0.2, 0) is 0 Å². The summed E-state index contributed by atoms with van der Waals surface area (Å²) < 4.78 is 13.4. The maximum atomic E-state index is 13.4. The maximum Gasteiger partial charge on any atom is 0.253 e. The van der Waals surface area contributed by atoms with Gasteiger partial charge in [0.05, 0.1) is 0 Å². The Kier molecular flexibility index (Phi) is 5.39. The predicted octanol–water partition coefficient (Wildman–Crippen LogP) is 3.25. The Hall–Kier alpha value is -2.40. The van der Waals surface area contributed by atoms with E-state index in [2.05, 4.69) is 40.1 Å². The fourth-order valence-corrected chi connectivity index (χ4v) is 4.22. The molecule has 1 amide bonds. The van der Waals surface area contributed by atoms with E-state index in [4.69, 9.17) is 0 Å². The second-order valence-electron chi connectivity index (χ2n) is 7.39. The number of likely N-dealkylation sites (tertiary alicyclic amines) is 1. The van der Waals surface area contributed by atoms with Crippen LogP contribution in [0.3, 0.4) is 0 Å². The number of anilines is 1. The summed E-state index contributed by atoms with van der Waals surface area (Å²) in [5, 5.41) is 0. The summed E-state index contributed by atoms with van der Waals surface area (Å²) in [7, 11) is 0. The van der Waals surface area contributed by atoms with E-state index in [1.807, 2.05) is 4.90 Å². The van der Waals surface area contributed by atoms with Crippen LogP contribution in [0.4, 0.5) is 10.1 Å². The summed E-state index contributed by atoms with van der Waals surface area (Å²) in [4.78, 5) is 19.5. The second-order valence-corrected chi connectivity index (χ2v) is 7.39. The van der Waals surface area contributed by atoms with Crippen LogP contribution in [0.2, 0.25) is 0 Å². The summed E-state index contributed by atoms with van der Waals surface area (Å²) >= 11 is 0. The van der Waals surface area contributed by atoms with Crippen molar-refractivity contribution < 1.29 is 9.18 Å². The van der Waals surface area contributed by atoms with Crippen molar-refractivity contribution in [3.63, 3.8) is 0 Å². The standard InChI is InChI=1S/C22H26FN3O/c23-19-6-4-5-18(17-19)22(27)26-11-9-21(10-12-26)25-15-13-24(14-16-25)20-7-2-1-3-8-20/h1-8,17,21H,9-16H2. The minimum Gasteiger partial charge on any atom is -0.369 e. The zero-order valence-electron chi connectivity index (χ0n) is 15.6. The van der Waals surface area contributed by atoms with Crippen molar-refractivity contribution in [2.75, 3.05) is 44.2 Å². The van der Waals surface area contributed by atoms with Crippen molar-refractivity contribution in [1.29, 1.82) is 0 Å². The number of para-hydroxylation sites is 1. The van der Waals surface area contributed by atoms with Gasteiger partial charge in [0.15, 0.2) is 0 Å². The number of halogens is 1. The molecule has 2 saturated heterocycles. The highest BCUT2D eigenvalue weighted by molar-refractivity contribution is 5.94. The summed E-state index contributed by atoms with van der Waals surface area (Å²) in [5.41, 5.74) is 1.75. The third kappa shape index (κ3) is 4.14. The molecule has 2 fully saturated rings. The summed E-state index contributed by atoms with van der Waals surface area (Å²) in [6, 6.07) is 17.1. The molecule has 142 valence electrons. The van der Waals surface area contributed by atoms with Gasteiger partial charge in [-0.3, -0.25) is 9.69 Å². The zero-order chi connectivity index (χ0) is 18.6. The van der Waals surface area contributed by atoms with Crippen LogP contribution in [0.1, 0.15) is 23.2 Å². The molecule has 0 saturated carbocycles. The molecular formula is C22H26FN3O. The largest absolute Gasteiger partial charge is 0.369 e. The van der Waals surface area contributed by atoms with E-state index in [0.717, 1.165) is 52.1 Å². The lowest BCUT2D eigenvalue weighted by Crippen LogP contribution is -2.53. The van der Waals surface area contributed by atoms with E-state index >= 15 is 0 Å². The molecule has 0 radical (unpaired) electrons. The number of carbonyl (C=O) groups is 1. The van der Waals surface area contributed by atoms with Gasteiger partial charge < -0.3 is 9.80 Å². The molecule has 0 unspecified atom stereocenters. The van der Waals surface area contributed by atoms with Gasteiger partial charge >= 0.3 is 0 Å². The van der Waals surface area contributed by atoms with Crippen LogP contribution < -0.4 is 4.90 Å². The number of hydrogen-bond donors (Lipinski definition) is 0.